The lowest BCUT2D eigenvalue weighted by atomic mass is 9.70. The van der Waals surface area contributed by atoms with Gasteiger partial charge in [0.2, 0.25) is 0 Å². The third kappa shape index (κ3) is 1.61. The van der Waals surface area contributed by atoms with Gasteiger partial charge in [0.1, 0.15) is 0 Å². The fourth-order valence-electron chi connectivity index (χ4n) is 3.78. The van der Waals surface area contributed by atoms with Crippen molar-refractivity contribution in [3.8, 4) is 0 Å². The lowest BCUT2D eigenvalue weighted by Crippen LogP contribution is -2.59. The predicted molar refractivity (Wildman–Crippen MR) is 68.4 cm³/mol. The Morgan fingerprint density at radius 1 is 1.50 bits per heavy atom. The summed E-state index contributed by atoms with van der Waals surface area (Å²) in [5, 5.41) is 0. The van der Waals surface area contributed by atoms with Gasteiger partial charge in [0, 0.05) is 6.04 Å². The Bertz CT molecular complexity index is 285. The molecule has 3 heteroatoms. The van der Waals surface area contributed by atoms with Crippen LogP contribution in [0.4, 0.5) is 0 Å². The van der Waals surface area contributed by atoms with Crippen molar-refractivity contribution in [2.24, 2.45) is 16.6 Å². The molecule has 2 unspecified atom stereocenters. The summed E-state index contributed by atoms with van der Waals surface area (Å²) in [4.78, 5) is 6.94. The van der Waals surface area contributed by atoms with Crippen molar-refractivity contribution < 1.29 is 0 Å². The summed E-state index contributed by atoms with van der Waals surface area (Å²) in [6.07, 6.45) is 6.59. The standard InChI is InChI=1S/C13H25N3/c1-4-11-7-5-6-8-13(11)9-15-12(14)16(13)10(2)3/h10-11H,4-9H2,1-3H3,(H2,14,15). The van der Waals surface area contributed by atoms with E-state index in [0.29, 0.717) is 6.04 Å². The van der Waals surface area contributed by atoms with Crippen LogP contribution in [-0.2, 0) is 0 Å². The van der Waals surface area contributed by atoms with Crippen molar-refractivity contribution in [3.63, 3.8) is 0 Å². The molecule has 1 saturated carbocycles. The summed E-state index contributed by atoms with van der Waals surface area (Å²) in [6.45, 7) is 7.70. The minimum atomic E-state index is 0.255. The zero-order valence-electron chi connectivity index (χ0n) is 10.9. The summed E-state index contributed by atoms with van der Waals surface area (Å²) >= 11 is 0. The fraction of sp³-hybridized carbons (Fsp3) is 0.923. The molecule has 2 atom stereocenters. The van der Waals surface area contributed by atoms with Gasteiger partial charge in [-0.3, -0.25) is 4.99 Å². The molecule has 2 N–H and O–H groups in total. The lowest BCUT2D eigenvalue weighted by molar-refractivity contribution is 0.0512. The maximum atomic E-state index is 6.08. The molecule has 1 heterocycles. The molecule has 2 rings (SSSR count). The van der Waals surface area contributed by atoms with Crippen LogP contribution in [0.3, 0.4) is 0 Å². The van der Waals surface area contributed by atoms with Crippen molar-refractivity contribution >= 4 is 5.96 Å². The highest BCUT2D eigenvalue weighted by molar-refractivity contribution is 5.81. The molecule has 1 aliphatic heterocycles. The highest BCUT2D eigenvalue weighted by Crippen LogP contribution is 2.43. The van der Waals surface area contributed by atoms with E-state index in [4.69, 9.17) is 5.73 Å². The largest absolute Gasteiger partial charge is 0.370 e. The van der Waals surface area contributed by atoms with Gasteiger partial charge >= 0.3 is 0 Å². The average Bonchev–Trinajstić information content (AvgIpc) is 2.57. The third-order valence-electron chi connectivity index (χ3n) is 4.42. The quantitative estimate of drug-likeness (QED) is 0.781. The highest BCUT2D eigenvalue weighted by atomic mass is 15.4. The van der Waals surface area contributed by atoms with Crippen LogP contribution in [0, 0.1) is 5.92 Å². The first-order chi connectivity index (χ1) is 7.62. The van der Waals surface area contributed by atoms with Gasteiger partial charge in [0.15, 0.2) is 5.96 Å². The van der Waals surface area contributed by atoms with E-state index in [1.165, 1.54) is 32.1 Å². The SMILES string of the molecule is CCC1CCCCC12CN=C(N)N2C(C)C. The molecule has 1 spiro atoms. The second kappa shape index (κ2) is 4.27. The Hall–Kier alpha value is -0.730. The van der Waals surface area contributed by atoms with E-state index in [2.05, 4.69) is 30.7 Å². The van der Waals surface area contributed by atoms with Crippen LogP contribution in [0.15, 0.2) is 4.99 Å². The van der Waals surface area contributed by atoms with Crippen molar-refractivity contribution in [2.75, 3.05) is 6.54 Å². The van der Waals surface area contributed by atoms with E-state index in [1.54, 1.807) is 0 Å². The van der Waals surface area contributed by atoms with E-state index >= 15 is 0 Å². The first-order valence-electron chi connectivity index (χ1n) is 6.71. The van der Waals surface area contributed by atoms with Gasteiger partial charge in [-0.05, 0) is 32.6 Å². The van der Waals surface area contributed by atoms with Gasteiger partial charge in [-0.25, -0.2) is 0 Å². The van der Waals surface area contributed by atoms with E-state index in [0.717, 1.165) is 18.4 Å². The predicted octanol–water partition coefficient (Wildman–Crippen LogP) is 2.36. The molecule has 92 valence electrons. The van der Waals surface area contributed by atoms with Crippen LogP contribution in [0.25, 0.3) is 0 Å². The van der Waals surface area contributed by atoms with Crippen LogP contribution in [0.1, 0.15) is 52.9 Å². The highest BCUT2D eigenvalue weighted by Gasteiger charge is 2.49. The number of nitrogens with two attached hydrogens (primary N) is 1. The van der Waals surface area contributed by atoms with Gasteiger partial charge in [-0.15, -0.1) is 0 Å². The summed E-state index contributed by atoms with van der Waals surface area (Å²) in [6, 6.07) is 0.471. The number of hydrogen-bond donors (Lipinski definition) is 1. The Balaban J connectivity index is 2.28. The minimum Gasteiger partial charge on any atom is -0.370 e. The summed E-state index contributed by atoms with van der Waals surface area (Å²) < 4.78 is 0. The zero-order chi connectivity index (χ0) is 11.8. The minimum absolute atomic E-state index is 0.255. The number of hydrogen-bond acceptors (Lipinski definition) is 3. The first-order valence-corrected chi connectivity index (χ1v) is 6.71. The second-order valence-corrected chi connectivity index (χ2v) is 5.59. The van der Waals surface area contributed by atoms with Crippen molar-refractivity contribution in [2.45, 2.75) is 64.5 Å². The zero-order valence-corrected chi connectivity index (χ0v) is 10.9. The van der Waals surface area contributed by atoms with Crippen molar-refractivity contribution in [3.05, 3.63) is 0 Å². The number of guanidine groups is 1. The summed E-state index contributed by atoms with van der Waals surface area (Å²) in [5.41, 5.74) is 6.33. The van der Waals surface area contributed by atoms with Crippen LogP contribution in [0.5, 0.6) is 0 Å². The molecular formula is C13H25N3. The molecule has 3 nitrogen and oxygen atoms in total. The maximum Gasteiger partial charge on any atom is 0.192 e. The summed E-state index contributed by atoms with van der Waals surface area (Å²) in [5.74, 6) is 1.55. The maximum absolute atomic E-state index is 6.08. The molecule has 1 fully saturated rings. The molecule has 2 aliphatic rings. The average molecular weight is 223 g/mol. The number of rotatable bonds is 2. The third-order valence-corrected chi connectivity index (χ3v) is 4.42. The number of aliphatic imine (C=N–C) groups is 1. The van der Waals surface area contributed by atoms with Crippen LogP contribution >= 0.6 is 0 Å². The summed E-state index contributed by atoms with van der Waals surface area (Å²) in [7, 11) is 0. The first kappa shape index (κ1) is 11.7. The van der Waals surface area contributed by atoms with E-state index in [1.807, 2.05) is 0 Å². The van der Waals surface area contributed by atoms with E-state index < -0.39 is 0 Å². The van der Waals surface area contributed by atoms with Crippen LogP contribution in [0.2, 0.25) is 0 Å². The molecule has 1 aliphatic carbocycles. The van der Waals surface area contributed by atoms with Crippen LogP contribution < -0.4 is 5.73 Å². The fourth-order valence-corrected chi connectivity index (χ4v) is 3.78. The Kier molecular flexibility index (Phi) is 3.13. The van der Waals surface area contributed by atoms with Crippen molar-refractivity contribution in [1.82, 2.24) is 4.90 Å². The molecular weight excluding hydrogens is 198 g/mol. The van der Waals surface area contributed by atoms with Gasteiger partial charge in [0.25, 0.3) is 0 Å². The normalized spacial score (nSPS) is 34.9. The second-order valence-electron chi connectivity index (χ2n) is 5.59. The molecule has 0 aromatic heterocycles. The van der Waals surface area contributed by atoms with E-state index in [-0.39, 0.29) is 5.54 Å². The number of nitrogens with zero attached hydrogens (tertiary/aromatic N) is 2. The Morgan fingerprint density at radius 2 is 2.25 bits per heavy atom. The Labute approximate surface area is 99.1 Å². The molecule has 0 amide bonds. The van der Waals surface area contributed by atoms with Gasteiger partial charge in [-0.2, -0.15) is 0 Å². The van der Waals surface area contributed by atoms with Crippen LogP contribution in [-0.4, -0.2) is 29.0 Å². The molecule has 0 bridgehead atoms. The topological polar surface area (TPSA) is 41.6 Å². The van der Waals surface area contributed by atoms with Gasteiger partial charge in [0.05, 0.1) is 12.1 Å². The van der Waals surface area contributed by atoms with Gasteiger partial charge < -0.3 is 10.6 Å². The molecule has 0 aromatic carbocycles. The van der Waals surface area contributed by atoms with Crippen molar-refractivity contribution in [1.29, 1.82) is 0 Å². The molecule has 0 saturated heterocycles. The molecule has 0 aromatic rings. The smallest absolute Gasteiger partial charge is 0.192 e. The monoisotopic (exact) mass is 223 g/mol. The van der Waals surface area contributed by atoms with Gasteiger partial charge in [-0.1, -0.05) is 26.2 Å². The Morgan fingerprint density at radius 3 is 2.88 bits per heavy atom. The lowest BCUT2D eigenvalue weighted by Gasteiger charge is -2.49. The molecule has 16 heavy (non-hydrogen) atoms. The molecule has 0 radical (unpaired) electrons. The van der Waals surface area contributed by atoms with E-state index in [9.17, 15) is 0 Å².